The third-order valence-electron chi connectivity index (χ3n) is 4.59. The van der Waals surface area contributed by atoms with Gasteiger partial charge in [-0.1, -0.05) is 13.8 Å². The number of amides is 1. The highest BCUT2D eigenvalue weighted by atomic mass is 16.5. The van der Waals surface area contributed by atoms with E-state index in [2.05, 4.69) is 5.32 Å². The summed E-state index contributed by atoms with van der Waals surface area (Å²) in [5, 5.41) is 3.06. The summed E-state index contributed by atoms with van der Waals surface area (Å²) in [6, 6.07) is 0.197. The average Bonchev–Trinajstić information content (AvgIpc) is 2.60. The first kappa shape index (κ1) is 23.1. The molecule has 6 nitrogen and oxygen atoms in total. The van der Waals surface area contributed by atoms with Crippen LogP contribution in [0.3, 0.4) is 0 Å². The molecule has 0 aromatic rings. The minimum atomic E-state index is 0.0230. The predicted molar refractivity (Wildman–Crippen MR) is 101 cm³/mol. The van der Waals surface area contributed by atoms with Gasteiger partial charge in [0.25, 0.3) is 0 Å². The molecule has 0 bridgehead atoms. The Hall–Kier alpha value is -0.980. The molecule has 0 aromatic carbocycles. The summed E-state index contributed by atoms with van der Waals surface area (Å²) < 4.78 is 16.2. The Bertz CT molecular complexity index is 403. The van der Waals surface area contributed by atoms with Crippen molar-refractivity contribution in [2.45, 2.75) is 71.9 Å². The molecule has 0 aromatic heterocycles. The third kappa shape index (κ3) is 10.2. The minimum Gasteiger partial charge on any atom is -0.379 e. The first-order valence-corrected chi connectivity index (χ1v) is 10.00. The first-order valence-electron chi connectivity index (χ1n) is 10.00. The van der Waals surface area contributed by atoms with E-state index in [0.717, 1.165) is 25.7 Å². The zero-order chi connectivity index (χ0) is 19.4. The smallest absolute Gasteiger partial charge is 0.222 e. The van der Waals surface area contributed by atoms with Gasteiger partial charge in [0.2, 0.25) is 5.91 Å². The lowest BCUT2D eigenvalue weighted by Crippen LogP contribution is -2.39. The molecule has 1 aliphatic rings. The van der Waals surface area contributed by atoms with Crippen LogP contribution in [-0.2, 0) is 23.8 Å². The molecular formula is C20H37NO5. The van der Waals surface area contributed by atoms with Gasteiger partial charge in [0.1, 0.15) is 5.78 Å². The Kier molecular flexibility index (Phi) is 11.7. The van der Waals surface area contributed by atoms with Crippen LogP contribution in [0.15, 0.2) is 0 Å². The van der Waals surface area contributed by atoms with E-state index in [9.17, 15) is 9.59 Å². The number of hydrogen-bond acceptors (Lipinski definition) is 5. The second-order valence-electron chi connectivity index (χ2n) is 7.57. The van der Waals surface area contributed by atoms with E-state index in [1.165, 1.54) is 0 Å². The summed E-state index contributed by atoms with van der Waals surface area (Å²) in [4.78, 5) is 24.0. The molecule has 0 spiro atoms. The number of ketones is 1. The van der Waals surface area contributed by atoms with Crippen LogP contribution in [0, 0.1) is 11.8 Å². The van der Waals surface area contributed by atoms with Gasteiger partial charge in [-0.15, -0.1) is 0 Å². The van der Waals surface area contributed by atoms with Crippen molar-refractivity contribution in [3.8, 4) is 0 Å². The Morgan fingerprint density at radius 3 is 2.04 bits per heavy atom. The molecule has 152 valence electrons. The molecule has 0 heterocycles. The van der Waals surface area contributed by atoms with Crippen LogP contribution in [0.5, 0.6) is 0 Å². The van der Waals surface area contributed by atoms with E-state index >= 15 is 0 Å². The van der Waals surface area contributed by atoms with E-state index in [1.807, 2.05) is 27.7 Å². The standard InChI is InChI=1S/C20H37NO5/c1-15(2)20(23)17-5-7-18(8-6-17)21-19(22)9-10-24-11-12-25-13-14-26-16(3)4/h15-18H,5-14H2,1-4H3,(H,21,22)/t17-,18-. The molecule has 26 heavy (non-hydrogen) atoms. The fourth-order valence-electron chi connectivity index (χ4n) is 3.12. The topological polar surface area (TPSA) is 73.9 Å². The second-order valence-corrected chi connectivity index (χ2v) is 7.57. The Morgan fingerprint density at radius 1 is 0.885 bits per heavy atom. The molecule has 1 N–H and O–H groups in total. The second kappa shape index (κ2) is 13.2. The zero-order valence-corrected chi connectivity index (χ0v) is 16.9. The summed E-state index contributed by atoms with van der Waals surface area (Å²) in [5.74, 6) is 0.670. The number of ether oxygens (including phenoxy) is 3. The molecule has 0 aliphatic heterocycles. The summed E-state index contributed by atoms with van der Waals surface area (Å²) in [6.07, 6.45) is 4.14. The number of carbonyl (C=O) groups excluding carboxylic acids is 2. The van der Waals surface area contributed by atoms with Gasteiger partial charge in [0, 0.05) is 24.3 Å². The van der Waals surface area contributed by atoms with Crippen molar-refractivity contribution in [2.75, 3.05) is 33.0 Å². The van der Waals surface area contributed by atoms with Gasteiger partial charge in [-0.05, 0) is 39.5 Å². The molecule has 6 heteroatoms. The number of nitrogens with one attached hydrogen (secondary N) is 1. The predicted octanol–water partition coefficient (Wildman–Crippen LogP) is 2.73. The van der Waals surface area contributed by atoms with Gasteiger partial charge < -0.3 is 19.5 Å². The quantitative estimate of drug-likeness (QED) is 0.504. The average molecular weight is 372 g/mol. The SMILES string of the molecule is CC(C)OCCOCCOCCC(=O)N[C@H]1CC[C@H](C(=O)C(C)C)CC1. The van der Waals surface area contributed by atoms with Gasteiger partial charge in [-0.3, -0.25) is 9.59 Å². The minimum absolute atomic E-state index is 0.0230. The molecule has 0 radical (unpaired) electrons. The van der Waals surface area contributed by atoms with E-state index in [0.29, 0.717) is 45.2 Å². The van der Waals surface area contributed by atoms with Crippen LogP contribution in [0.2, 0.25) is 0 Å². The van der Waals surface area contributed by atoms with Gasteiger partial charge in [0.15, 0.2) is 0 Å². The summed E-state index contributed by atoms with van der Waals surface area (Å²) >= 11 is 0. The monoisotopic (exact) mass is 371 g/mol. The lowest BCUT2D eigenvalue weighted by atomic mass is 9.80. The van der Waals surface area contributed by atoms with Crippen LogP contribution < -0.4 is 5.32 Å². The fraction of sp³-hybridized carbons (Fsp3) is 0.900. The van der Waals surface area contributed by atoms with Gasteiger partial charge in [-0.2, -0.15) is 0 Å². The molecule has 1 fully saturated rings. The van der Waals surface area contributed by atoms with Crippen molar-refractivity contribution < 1.29 is 23.8 Å². The van der Waals surface area contributed by atoms with Crippen molar-refractivity contribution in [1.29, 1.82) is 0 Å². The maximum atomic E-state index is 12.0. The molecule has 1 rings (SSSR count). The molecule has 1 amide bonds. The summed E-state index contributed by atoms with van der Waals surface area (Å²) in [5.41, 5.74) is 0. The lowest BCUT2D eigenvalue weighted by molar-refractivity contribution is -0.127. The highest BCUT2D eigenvalue weighted by Gasteiger charge is 2.28. The van der Waals surface area contributed by atoms with Crippen molar-refractivity contribution in [2.24, 2.45) is 11.8 Å². The van der Waals surface area contributed by atoms with E-state index in [-0.39, 0.29) is 29.9 Å². The van der Waals surface area contributed by atoms with Gasteiger partial charge in [-0.25, -0.2) is 0 Å². The van der Waals surface area contributed by atoms with Gasteiger partial charge >= 0.3 is 0 Å². The van der Waals surface area contributed by atoms with E-state index in [1.54, 1.807) is 0 Å². The van der Waals surface area contributed by atoms with Crippen molar-refractivity contribution in [1.82, 2.24) is 5.32 Å². The van der Waals surface area contributed by atoms with Crippen LogP contribution in [-0.4, -0.2) is 56.9 Å². The zero-order valence-electron chi connectivity index (χ0n) is 16.9. The molecular weight excluding hydrogens is 334 g/mol. The molecule has 0 unspecified atom stereocenters. The van der Waals surface area contributed by atoms with E-state index < -0.39 is 0 Å². The first-order chi connectivity index (χ1) is 12.4. The molecule has 1 aliphatic carbocycles. The Morgan fingerprint density at radius 2 is 1.46 bits per heavy atom. The Labute approximate surface area is 158 Å². The maximum absolute atomic E-state index is 12.0. The van der Waals surface area contributed by atoms with Crippen LogP contribution >= 0.6 is 0 Å². The maximum Gasteiger partial charge on any atom is 0.222 e. The van der Waals surface area contributed by atoms with Crippen LogP contribution in [0.25, 0.3) is 0 Å². The lowest BCUT2D eigenvalue weighted by Gasteiger charge is -2.29. The van der Waals surface area contributed by atoms with Crippen molar-refractivity contribution in [3.05, 3.63) is 0 Å². The summed E-state index contributed by atoms with van der Waals surface area (Å²) in [6.45, 7) is 10.4. The highest BCUT2D eigenvalue weighted by Crippen LogP contribution is 2.27. The van der Waals surface area contributed by atoms with Crippen LogP contribution in [0.4, 0.5) is 0 Å². The van der Waals surface area contributed by atoms with Crippen LogP contribution in [0.1, 0.15) is 59.8 Å². The van der Waals surface area contributed by atoms with E-state index in [4.69, 9.17) is 14.2 Å². The fourth-order valence-corrected chi connectivity index (χ4v) is 3.12. The Balaban J connectivity index is 1.98. The largest absolute Gasteiger partial charge is 0.379 e. The molecule has 0 saturated heterocycles. The van der Waals surface area contributed by atoms with Gasteiger partial charge in [0.05, 0.1) is 39.1 Å². The summed E-state index contributed by atoms with van der Waals surface area (Å²) in [7, 11) is 0. The third-order valence-corrected chi connectivity index (χ3v) is 4.59. The molecule has 0 atom stereocenters. The normalized spacial score (nSPS) is 20.5. The molecule has 1 saturated carbocycles. The number of hydrogen-bond donors (Lipinski definition) is 1. The number of rotatable bonds is 13. The number of carbonyl (C=O) groups is 2. The van der Waals surface area contributed by atoms with Crippen molar-refractivity contribution in [3.63, 3.8) is 0 Å². The number of Topliss-reactive ketones (excluding diaryl/α,β-unsaturated/α-hetero) is 1. The van der Waals surface area contributed by atoms with Crippen molar-refractivity contribution >= 4 is 11.7 Å². The highest BCUT2D eigenvalue weighted by molar-refractivity contribution is 5.83.